The van der Waals surface area contributed by atoms with Crippen molar-refractivity contribution in [3.63, 3.8) is 0 Å². The van der Waals surface area contributed by atoms with Crippen molar-refractivity contribution >= 4 is 40.6 Å². The number of hydrogen-bond donors (Lipinski definition) is 1. The molecule has 1 aromatic heterocycles. The second-order valence-electron chi connectivity index (χ2n) is 4.78. The summed E-state index contributed by atoms with van der Waals surface area (Å²) < 4.78 is 4.74. The molecule has 1 fully saturated rings. The van der Waals surface area contributed by atoms with Gasteiger partial charge in [0.1, 0.15) is 0 Å². The van der Waals surface area contributed by atoms with Crippen molar-refractivity contribution in [1.82, 2.24) is 10.3 Å². The van der Waals surface area contributed by atoms with E-state index in [1.807, 2.05) is 6.07 Å². The zero-order chi connectivity index (χ0) is 16.9. The average molecular weight is 339 g/mol. The minimum Gasteiger partial charge on any atom is -0.465 e. The van der Waals surface area contributed by atoms with Gasteiger partial charge in [0.15, 0.2) is 5.17 Å². The highest BCUT2D eigenvalue weighted by atomic mass is 32.2. The van der Waals surface area contributed by atoms with Crippen LogP contribution in [0.4, 0.5) is 5.69 Å². The van der Waals surface area contributed by atoms with Crippen molar-refractivity contribution in [2.24, 2.45) is 4.99 Å². The Kier molecular flexibility index (Phi) is 4.72. The van der Waals surface area contributed by atoms with Gasteiger partial charge in [-0.3, -0.25) is 9.78 Å². The fraction of sp³-hybridized carbons (Fsp3) is 0.0588. The topological polar surface area (TPSA) is 80.6 Å². The van der Waals surface area contributed by atoms with Crippen molar-refractivity contribution < 1.29 is 14.3 Å². The summed E-state index contributed by atoms with van der Waals surface area (Å²) in [7, 11) is 1.31. The lowest BCUT2D eigenvalue weighted by atomic mass is 10.2. The van der Waals surface area contributed by atoms with Gasteiger partial charge in [-0.25, -0.2) is 9.79 Å². The van der Waals surface area contributed by atoms with Crippen LogP contribution in [0.1, 0.15) is 15.9 Å². The molecule has 7 heteroatoms. The molecule has 0 bridgehead atoms. The summed E-state index contributed by atoms with van der Waals surface area (Å²) in [6.07, 6.45) is 5.07. The Bertz CT molecular complexity index is 847. The normalized spacial score (nSPS) is 17.1. The monoisotopic (exact) mass is 339 g/mol. The van der Waals surface area contributed by atoms with Crippen molar-refractivity contribution in [2.75, 3.05) is 7.11 Å². The first kappa shape index (κ1) is 15.9. The third-order valence-electron chi connectivity index (χ3n) is 3.16. The van der Waals surface area contributed by atoms with E-state index in [1.54, 1.807) is 48.8 Å². The van der Waals surface area contributed by atoms with Gasteiger partial charge in [0, 0.05) is 12.4 Å². The summed E-state index contributed by atoms with van der Waals surface area (Å²) >= 11 is 1.21. The number of aromatic nitrogens is 1. The van der Waals surface area contributed by atoms with Gasteiger partial charge in [-0.1, -0.05) is 18.2 Å². The molecule has 6 nitrogen and oxygen atoms in total. The molecule has 1 aliphatic rings. The number of rotatable bonds is 3. The summed E-state index contributed by atoms with van der Waals surface area (Å²) in [6.45, 7) is 0. The number of hydrogen-bond acceptors (Lipinski definition) is 6. The molecule has 120 valence electrons. The van der Waals surface area contributed by atoms with Gasteiger partial charge in [0.05, 0.1) is 23.3 Å². The predicted octanol–water partition coefficient (Wildman–Crippen LogP) is 2.76. The van der Waals surface area contributed by atoms with Crippen LogP contribution < -0.4 is 5.32 Å². The van der Waals surface area contributed by atoms with E-state index in [4.69, 9.17) is 4.74 Å². The van der Waals surface area contributed by atoms with Crippen LogP contribution in [0.3, 0.4) is 0 Å². The lowest BCUT2D eigenvalue weighted by Gasteiger charge is -2.03. The Labute approximate surface area is 142 Å². The van der Waals surface area contributed by atoms with Gasteiger partial charge < -0.3 is 10.1 Å². The highest BCUT2D eigenvalue weighted by Crippen LogP contribution is 2.29. The molecular formula is C17H13N3O3S. The van der Waals surface area contributed by atoms with E-state index in [2.05, 4.69) is 15.3 Å². The molecule has 3 rings (SSSR count). The number of amidine groups is 1. The van der Waals surface area contributed by atoms with E-state index in [0.717, 1.165) is 5.56 Å². The lowest BCUT2D eigenvalue weighted by Crippen LogP contribution is -2.19. The van der Waals surface area contributed by atoms with Gasteiger partial charge in [-0.2, -0.15) is 0 Å². The standard InChI is InChI=1S/C17H13N3O3S/c1-23-16(22)12-6-2-3-7-13(12)19-17-20-15(21)14(24-17)9-11-5-4-8-18-10-11/h2-10H,1H3,(H,19,20,21)/b14-9-. The fourth-order valence-electron chi connectivity index (χ4n) is 2.06. The molecule has 0 atom stereocenters. The van der Waals surface area contributed by atoms with E-state index in [1.165, 1.54) is 18.9 Å². The van der Waals surface area contributed by atoms with Crippen LogP contribution in [0.25, 0.3) is 6.08 Å². The molecule has 0 saturated carbocycles. The summed E-state index contributed by atoms with van der Waals surface area (Å²) in [5, 5.41) is 3.10. The average Bonchev–Trinajstić information content (AvgIpc) is 2.95. The maximum absolute atomic E-state index is 12.1. The van der Waals surface area contributed by atoms with Crippen LogP contribution in [0, 0.1) is 0 Å². The Balaban J connectivity index is 1.88. The Morgan fingerprint density at radius 2 is 2.12 bits per heavy atom. The molecule has 1 N–H and O–H groups in total. The molecule has 2 aromatic rings. The van der Waals surface area contributed by atoms with Crippen LogP contribution in [0.2, 0.25) is 0 Å². The molecule has 0 spiro atoms. The van der Waals surface area contributed by atoms with Crippen LogP contribution >= 0.6 is 11.8 Å². The Morgan fingerprint density at radius 1 is 1.29 bits per heavy atom. The van der Waals surface area contributed by atoms with Gasteiger partial charge in [0.25, 0.3) is 5.91 Å². The number of ether oxygens (including phenoxy) is 1. The molecule has 0 radical (unpaired) electrons. The van der Waals surface area contributed by atoms with Crippen molar-refractivity contribution in [1.29, 1.82) is 0 Å². The first-order valence-corrected chi connectivity index (χ1v) is 7.86. The maximum Gasteiger partial charge on any atom is 0.340 e. The van der Waals surface area contributed by atoms with Gasteiger partial charge >= 0.3 is 5.97 Å². The molecule has 1 aromatic carbocycles. The van der Waals surface area contributed by atoms with Crippen molar-refractivity contribution in [2.45, 2.75) is 0 Å². The van der Waals surface area contributed by atoms with Crippen LogP contribution in [0.15, 0.2) is 58.7 Å². The van der Waals surface area contributed by atoms with Crippen LogP contribution in [-0.2, 0) is 9.53 Å². The molecule has 1 amide bonds. The summed E-state index contributed by atoms with van der Waals surface area (Å²) in [5.41, 5.74) is 1.60. The number of amides is 1. The predicted molar refractivity (Wildman–Crippen MR) is 92.8 cm³/mol. The Morgan fingerprint density at radius 3 is 2.88 bits per heavy atom. The Hall–Kier alpha value is -2.93. The van der Waals surface area contributed by atoms with E-state index < -0.39 is 5.97 Å². The molecule has 2 heterocycles. The SMILES string of the molecule is COC(=O)c1ccccc1N=C1NC(=O)/C(=C/c2cccnc2)S1. The second kappa shape index (κ2) is 7.10. The number of pyridine rings is 1. The summed E-state index contributed by atoms with van der Waals surface area (Å²) in [6, 6.07) is 10.5. The largest absolute Gasteiger partial charge is 0.465 e. The highest BCUT2D eigenvalue weighted by Gasteiger charge is 2.24. The molecule has 1 saturated heterocycles. The van der Waals surface area contributed by atoms with E-state index in [-0.39, 0.29) is 5.91 Å². The summed E-state index contributed by atoms with van der Waals surface area (Å²) in [5.74, 6) is -0.714. The zero-order valence-corrected chi connectivity index (χ0v) is 13.5. The molecule has 1 aliphatic heterocycles. The number of thioether (sulfide) groups is 1. The first-order valence-electron chi connectivity index (χ1n) is 7.04. The number of methoxy groups -OCH3 is 1. The van der Waals surface area contributed by atoms with Crippen molar-refractivity contribution in [3.8, 4) is 0 Å². The molecular weight excluding hydrogens is 326 g/mol. The number of carbonyl (C=O) groups is 2. The van der Waals surface area contributed by atoms with E-state index >= 15 is 0 Å². The number of aliphatic imine (C=N–C) groups is 1. The molecule has 0 unspecified atom stereocenters. The number of benzene rings is 1. The first-order chi connectivity index (χ1) is 11.7. The zero-order valence-electron chi connectivity index (χ0n) is 12.7. The minimum absolute atomic E-state index is 0.238. The second-order valence-corrected chi connectivity index (χ2v) is 5.81. The lowest BCUT2D eigenvalue weighted by molar-refractivity contribution is -0.115. The number of nitrogens with one attached hydrogen (secondary N) is 1. The number of carbonyl (C=O) groups excluding carboxylic acids is 2. The van der Waals surface area contributed by atoms with E-state index in [9.17, 15) is 9.59 Å². The number of nitrogens with zero attached hydrogens (tertiary/aromatic N) is 2. The van der Waals surface area contributed by atoms with Gasteiger partial charge in [-0.05, 0) is 41.6 Å². The van der Waals surface area contributed by atoms with Gasteiger partial charge in [0.2, 0.25) is 0 Å². The number of esters is 1. The minimum atomic E-state index is -0.476. The third kappa shape index (κ3) is 3.52. The maximum atomic E-state index is 12.1. The number of para-hydroxylation sites is 1. The van der Waals surface area contributed by atoms with E-state index in [0.29, 0.717) is 21.3 Å². The molecule has 0 aliphatic carbocycles. The smallest absolute Gasteiger partial charge is 0.340 e. The van der Waals surface area contributed by atoms with Crippen LogP contribution in [0.5, 0.6) is 0 Å². The molecule has 24 heavy (non-hydrogen) atoms. The quantitative estimate of drug-likeness (QED) is 0.687. The van der Waals surface area contributed by atoms with Crippen LogP contribution in [-0.4, -0.2) is 29.1 Å². The van der Waals surface area contributed by atoms with Gasteiger partial charge in [-0.15, -0.1) is 0 Å². The van der Waals surface area contributed by atoms with Crippen molar-refractivity contribution in [3.05, 3.63) is 64.8 Å². The highest BCUT2D eigenvalue weighted by molar-refractivity contribution is 8.18. The summed E-state index contributed by atoms with van der Waals surface area (Å²) in [4.78, 5) is 32.7. The third-order valence-corrected chi connectivity index (χ3v) is 4.07. The fourth-order valence-corrected chi connectivity index (χ4v) is 2.89.